The summed E-state index contributed by atoms with van der Waals surface area (Å²) in [6, 6.07) is 0. The maximum absolute atomic E-state index is 12.4. The van der Waals surface area contributed by atoms with Gasteiger partial charge in [0.25, 0.3) is 5.56 Å². The van der Waals surface area contributed by atoms with E-state index < -0.39 is 0 Å². The number of aryl methyl sites for hydroxylation is 3. The SMILES string of the molecule is Cc1nc(CSCCc2nc(C)c(CCC3=C=C=CC=C3)c(=O)[nH]2)cs1. The molecule has 1 aliphatic carbocycles. The highest BCUT2D eigenvalue weighted by Crippen LogP contribution is 2.16. The lowest BCUT2D eigenvalue weighted by Crippen LogP contribution is -2.19. The van der Waals surface area contributed by atoms with Crippen LogP contribution in [0.2, 0.25) is 0 Å². The highest BCUT2D eigenvalue weighted by molar-refractivity contribution is 7.98. The number of H-pyrrole nitrogens is 1. The molecule has 0 aliphatic heterocycles. The number of aromatic nitrogens is 3. The fourth-order valence-corrected chi connectivity index (χ4v) is 4.25. The molecular formula is C20H21N3OS2. The Balaban J connectivity index is 1.54. The molecule has 1 N–H and O–H groups in total. The van der Waals surface area contributed by atoms with Gasteiger partial charge in [0.2, 0.25) is 0 Å². The van der Waals surface area contributed by atoms with Gasteiger partial charge in [0.1, 0.15) is 5.82 Å². The largest absolute Gasteiger partial charge is 0.310 e. The van der Waals surface area contributed by atoms with Crippen LogP contribution >= 0.6 is 23.1 Å². The van der Waals surface area contributed by atoms with Crippen LogP contribution in [-0.4, -0.2) is 20.7 Å². The Kier molecular flexibility index (Phi) is 6.48. The monoisotopic (exact) mass is 383 g/mol. The summed E-state index contributed by atoms with van der Waals surface area (Å²) in [6.45, 7) is 3.94. The van der Waals surface area contributed by atoms with Crippen LogP contribution in [0.1, 0.15) is 34.2 Å². The quantitative estimate of drug-likeness (QED) is 0.552. The molecule has 2 heterocycles. The summed E-state index contributed by atoms with van der Waals surface area (Å²) in [5.74, 6) is 2.57. The average molecular weight is 384 g/mol. The van der Waals surface area contributed by atoms with Crippen molar-refractivity contribution in [3.8, 4) is 0 Å². The molecule has 0 aromatic carbocycles. The third kappa shape index (κ3) is 5.20. The maximum atomic E-state index is 12.4. The van der Waals surface area contributed by atoms with Gasteiger partial charge < -0.3 is 4.98 Å². The number of allylic oxidation sites excluding steroid dienone is 4. The van der Waals surface area contributed by atoms with Gasteiger partial charge in [0.15, 0.2) is 0 Å². The number of hydrogen-bond donors (Lipinski definition) is 1. The summed E-state index contributed by atoms with van der Waals surface area (Å²) < 4.78 is 0. The molecule has 0 saturated carbocycles. The van der Waals surface area contributed by atoms with Crippen LogP contribution in [0.4, 0.5) is 0 Å². The molecular weight excluding hydrogens is 362 g/mol. The van der Waals surface area contributed by atoms with E-state index in [1.165, 1.54) is 0 Å². The molecule has 1 aliphatic rings. The van der Waals surface area contributed by atoms with Crippen molar-refractivity contribution in [2.45, 2.75) is 38.9 Å². The van der Waals surface area contributed by atoms with E-state index in [1.54, 1.807) is 11.3 Å². The molecule has 0 bridgehead atoms. The maximum Gasteiger partial charge on any atom is 0.254 e. The second kappa shape index (κ2) is 9.02. The molecule has 6 heteroatoms. The Morgan fingerprint density at radius 1 is 1.23 bits per heavy atom. The van der Waals surface area contributed by atoms with Crippen LogP contribution in [0.5, 0.6) is 0 Å². The predicted molar refractivity (Wildman–Crippen MR) is 109 cm³/mol. The highest BCUT2D eigenvalue weighted by Gasteiger charge is 2.09. The Morgan fingerprint density at radius 3 is 2.81 bits per heavy atom. The summed E-state index contributed by atoms with van der Waals surface area (Å²) in [4.78, 5) is 24.4. The van der Waals surface area contributed by atoms with E-state index in [4.69, 9.17) is 0 Å². The van der Waals surface area contributed by atoms with Crippen LogP contribution in [0, 0.1) is 13.8 Å². The first kappa shape index (κ1) is 18.7. The molecule has 2 aromatic rings. The third-order valence-electron chi connectivity index (χ3n) is 4.03. The van der Waals surface area contributed by atoms with Gasteiger partial charge >= 0.3 is 0 Å². The predicted octanol–water partition coefficient (Wildman–Crippen LogP) is 4.06. The van der Waals surface area contributed by atoms with E-state index in [2.05, 4.69) is 31.8 Å². The lowest BCUT2D eigenvalue weighted by atomic mass is 10.0. The van der Waals surface area contributed by atoms with Gasteiger partial charge in [-0.3, -0.25) is 4.79 Å². The molecule has 0 saturated heterocycles. The second-order valence-corrected chi connectivity index (χ2v) is 8.22. The molecule has 0 amide bonds. The van der Waals surface area contributed by atoms with E-state index in [-0.39, 0.29) is 5.56 Å². The van der Waals surface area contributed by atoms with E-state index >= 15 is 0 Å². The first-order valence-corrected chi connectivity index (χ1v) is 10.6. The molecule has 134 valence electrons. The molecule has 2 aromatic heterocycles. The number of rotatable bonds is 8. The van der Waals surface area contributed by atoms with Crippen molar-refractivity contribution >= 4 is 23.1 Å². The first-order chi connectivity index (χ1) is 12.6. The van der Waals surface area contributed by atoms with Crippen molar-refractivity contribution in [3.63, 3.8) is 0 Å². The van der Waals surface area contributed by atoms with Gasteiger partial charge in [-0.1, -0.05) is 17.5 Å². The molecule has 26 heavy (non-hydrogen) atoms. The third-order valence-corrected chi connectivity index (χ3v) is 5.84. The molecule has 0 unspecified atom stereocenters. The smallest absolute Gasteiger partial charge is 0.254 e. The standard InChI is InChI=1S/C20H21N3OS2/c1-14-18(9-8-16-6-4-3-5-7-16)20(24)23-19(21-14)10-11-25-12-17-13-26-15(2)22-17/h3-4,6,13H,8-12H2,1-2H3,(H,21,23,24). The minimum atomic E-state index is -0.0208. The van der Waals surface area contributed by atoms with Crippen molar-refractivity contribution in [1.82, 2.24) is 15.0 Å². The number of thiazole rings is 1. The normalized spacial score (nSPS) is 12.6. The molecule has 4 nitrogen and oxygen atoms in total. The van der Waals surface area contributed by atoms with Gasteiger partial charge in [-0.05, 0) is 38.8 Å². The molecule has 3 rings (SSSR count). The first-order valence-electron chi connectivity index (χ1n) is 8.56. The summed E-state index contributed by atoms with van der Waals surface area (Å²) in [6.07, 6.45) is 7.96. The number of nitrogens with zero attached hydrogens (tertiary/aromatic N) is 2. The summed E-state index contributed by atoms with van der Waals surface area (Å²) >= 11 is 3.49. The zero-order valence-corrected chi connectivity index (χ0v) is 16.6. The Labute approximate surface area is 161 Å². The van der Waals surface area contributed by atoms with Gasteiger partial charge in [0, 0.05) is 40.1 Å². The fourth-order valence-electron chi connectivity index (χ4n) is 2.70. The molecule has 0 spiro atoms. The van der Waals surface area contributed by atoms with Crippen LogP contribution in [0.3, 0.4) is 0 Å². The molecule has 0 atom stereocenters. The van der Waals surface area contributed by atoms with Crippen molar-refractivity contribution < 1.29 is 0 Å². The zero-order valence-electron chi connectivity index (χ0n) is 15.0. The van der Waals surface area contributed by atoms with Crippen molar-refractivity contribution in [2.24, 2.45) is 0 Å². The topological polar surface area (TPSA) is 58.6 Å². The summed E-state index contributed by atoms with van der Waals surface area (Å²) in [7, 11) is 0. The van der Waals surface area contributed by atoms with Gasteiger partial charge in [-0.25, -0.2) is 9.97 Å². The van der Waals surface area contributed by atoms with E-state index in [1.807, 2.05) is 43.8 Å². The van der Waals surface area contributed by atoms with Crippen LogP contribution in [0.25, 0.3) is 0 Å². The van der Waals surface area contributed by atoms with Crippen molar-refractivity contribution in [1.29, 1.82) is 0 Å². The van der Waals surface area contributed by atoms with Crippen molar-refractivity contribution in [3.05, 3.63) is 78.8 Å². The van der Waals surface area contributed by atoms with Crippen LogP contribution in [-0.2, 0) is 18.6 Å². The van der Waals surface area contributed by atoms with Gasteiger partial charge in [-0.15, -0.1) is 11.3 Å². The Hall–Kier alpha value is -2.10. The van der Waals surface area contributed by atoms with E-state index in [0.717, 1.165) is 57.7 Å². The van der Waals surface area contributed by atoms with Crippen LogP contribution < -0.4 is 5.56 Å². The van der Waals surface area contributed by atoms with Gasteiger partial charge in [-0.2, -0.15) is 11.8 Å². The minimum absolute atomic E-state index is 0.0208. The summed E-state index contributed by atoms with van der Waals surface area (Å²) in [5, 5.41) is 3.20. The lowest BCUT2D eigenvalue weighted by molar-refractivity contribution is 0.842. The Bertz CT molecular complexity index is 971. The minimum Gasteiger partial charge on any atom is -0.310 e. The van der Waals surface area contributed by atoms with Crippen LogP contribution in [0.15, 0.2) is 45.4 Å². The highest BCUT2D eigenvalue weighted by atomic mass is 32.2. The zero-order chi connectivity index (χ0) is 18.4. The summed E-state index contributed by atoms with van der Waals surface area (Å²) in [5.41, 5.74) is 9.77. The van der Waals surface area contributed by atoms with E-state index in [0.29, 0.717) is 6.42 Å². The van der Waals surface area contributed by atoms with Gasteiger partial charge in [0.05, 0.1) is 10.7 Å². The number of thioether (sulfide) groups is 1. The molecule has 0 fully saturated rings. The number of nitrogens with one attached hydrogen (secondary N) is 1. The number of aromatic amines is 1. The fraction of sp³-hybridized carbons (Fsp3) is 0.350. The van der Waals surface area contributed by atoms with E-state index in [9.17, 15) is 4.79 Å². The number of hydrogen-bond acceptors (Lipinski definition) is 5. The Morgan fingerprint density at radius 2 is 2.12 bits per heavy atom. The molecule has 0 radical (unpaired) electrons. The lowest BCUT2D eigenvalue weighted by Gasteiger charge is -2.07. The average Bonchev–Trinajstić information content (AvgIpc) is 3.04. The van der Waals surface area contributed by atoms with Crippen molar-refractivity contribution in [2.75, 3.05) is 5.75 Å². The second-order valence-electron chi connectivity index (χ2n) is 6.06.